The highest BCUT2D eigenvalue weighted by atomic mass is 19.4. The minimum atomic E-state index is -4.57. The van der Waals surface area contributed by atoms with E-state index in [2.05, 4.69) is 5.32 Å². The van der Waals surface area contributed by atoms with Gasteiger partial charge >= 0.3 is 18.2 Å². The monoisotopic (exact) mass is 430 g/mol. The van der Waals surface area contributed by atoms with E-state index in [1.54, 1.807) is 27.7 Å². The van der Waals surface area contributed by atoms with Crippen LogP contribution in [0.15, 0.2) is 18.2 Å². The van der Waals surface area contributed by atoms with Crippen LogP contribution in [0.3, 0.4) is 0 Å². The lowest BCUT2D eigenvalue weighted by atomic mass is 10.0. The molecule has 6 nitrogen and oxygen atoms in total. The van der Waals surface area contributed by atoms with Crippen LogP contribution >= 0.6 is 0 Å². The van der Waals surface area contributed by atoms with Crippen LogP contribution in [-0.2, 0) is 22.2 Å². The van der Waals surface area contributed by atoms with E-state index in [1.165, 1.54) is 12.1 Å². The summed E-state index contributed by atoms with van der Waals surface area (Å²) in [6, 6.07) is 3.55. The number of ether oxygens (including phenoxy) is 2. The third-order valence-corrected chi connectivity index (χ3v) is 4.62. The van der Waals surface area contributed by atoms with Gasteiger partial charge < -0.3 is 14.8 Å². The van der Waals surface area contributed by atoms with E-state index in [0.717, 1.165) is 12.5 Å². The van der Waals surface area contributed by atoms with Crippen LogP contribution in [0, 0.1) is 5.92 Å². The zero-order valence-electron chi connectivity index (χ0n) is 17.8. The normalized spacial score (nSPS) is 17.6. The lowest BCUT2D eigenvalue weighted by Gasteiger charge is -2.21. The van der Waals surface area contributed by atoms with Crippen molar-refractivity contribution in [1.82, 2.24) is 10.2 Å². The molecule has 0 bridgehead atoms. The number of carbonyl (C=O) groups excluding carboxylic acids is 2. The van der Waals surface area contributed by atoms with Crippen LogP contribution in [0.2, 0.25) is 0 Å². The minimum absolute atomic E-state index is 0.0917. The number of esters is 1. The molecule has 0 unspecified atom stereocenters. The summed E-state index contributed by atoms with van der Waals surface area (Å²) in [5.74, 6) is -0.644. The highest BCUT2D eigenvalue weighted by Crippen LogP contribution is 2.34. The summed E-state index contributed by atoms with van der Waals surface area (Å²) in [5, 5.41) is 2.71. The van der Waals surface area contributed by atoms with Crippen molar-refractivity contribution in [2.75, 3.05) is 26.2 Å². The van der Waals surface area contributed by atoms with Crippen LogP contribution in [0.25, 0.3) is 0 Å². The SMILES string of the molecule is CCOC(=O)c1ccc(CN2CC[C@H](CNC(=O)OC(C)(C)C)C2)c(C(F)(F)F)c1. The van der Waals surface area contributed by atoms with Crippen molar-refractivity contribution >= 4 is 12.1 Å². The zero-order chi connectivity index (χ0) is 22.5. The number of carbonyl (C=O) groups is 2. The number of nitrogens with zero attached hydrogens (tertiary/aromatic N) is 1. The molecule has 1 N–H and O–H groups in total. The largest absolute Gasteiger partial charge is 0.462 e. The quantitative estimate of drug-likeness (QED) is 0.684. The van der Waals surface area contributed by atoms with Crippen molar-refractivity contribution in [2.45, 2.75) is 52.4 Å². The molecule has 30 heavy (non-hydrogen) atoms. The van der Waals surface area contributed by atoms with Crippen molar-refractivity contribution in [3.63, 3.8) is 0 Å². The summed E-state index contributed by atoms with van der Waals surface area (Å²) in [6.07, 6.45) is -4.32. The second-order valence-electron chi connectivity index (χ2n) is 8.36. The summed E-state index contributed by atoms with van der Waals surface area (Å²) in [5.41, 5.74) is -1.43. The number of halogens is 3. The van der Waals surface area contributed by atoms with E-state index in [9.17, 15) is 22.8 Å². The number of nitrogens with one attached hydrogen (secondary N) is 1. The van der Waals surface area contributed by atoms with Crippen LogP contribution < -0.4 is 5.32 Å². The fourth-order valence-corrected chi connectivity index (χ4v) is 3.33. The lowest BCUT2D eigenvalue weighted by Crippen LogP contribution is -2.36. The maximum absolute atomic E-state index is 13.5. The second-order valence-corrected chi connectivity index (χ2v) is 8.36. The van der Waals surface area contributed by atoms with Crippen molar-refractivity contribution in [3.8, 4) is 0 Å². The number of likely N-dealkylation sites (tertiary alicyclic amines) is 1. The molecule has 1 aliphatic heterocycles. The van der Waals surface area contributed by atoms with Crippen molar-refractivity contribution in [2.24, 2.45) is 5.92 Å². The first kappa shape index (κ1) is 24.0. The summed E-state index contributed by atoms with van der Waals surface area (Å²) in [4.78, 5) is 25.5. The van der Waals surface area contributed by atoms with E-state index in [-0.39, 0.29) is 30.2 Å². The van der Waals surface area contributed by atoms with Crippen LogP contribution in [-0.4, -0.2) is 48.8 Å². The molecule has 0 saturated carbocycles. The fraction of sp³-hybridized carbons (Fsp3) is 0.619. The van der Waals surface area contributed by atoms with E-state index in [1.807, 2.05) is 4.90 Å². The Balaban J connectivity index is 1.99. The number of amides is 1. The molecule has 1 aromatic carbocycles. The van der Waals surface area contributed by atoms with Gasteiger partial charge in [0.25, 0.3) is 0 Å². The number of hydrogen-bond donors (Lipinski definition) is 1. The maximum atomic E-state index is 13.5. The molecule has 1 atom stereocenters. The van der Waals surface area contributed by atoms with Gasteiger partial charge in [-0.2, -0.15) is 13.2 Å². The maximum Gasteiger partial charge on any atom is 0.416 e. The molecule has 1 amide bonds. The molecule has 1 saturated heterocycles. The standard InChI is InChI=1S/C21H29F3N2O4/c1-5-29-18(27)15-6-7-16(17(10-15)21(22,23)24)13-26-9-8-14(12-26)11-25-19(28)30-20(2,3)4/h6-7,10,14H,5,8-9,11-13H2,1-4H3,(H,25,28)/t14-/m1/s1. The third kappa shape index (κ3) is 7.19. The average Bonchev–Trinajstić information content (AvgIpc) is 3.05. The van der Waals surface area contributed by atoms with Gasteiger partial charge in [-0.25, -0.2) is 9.59 Å². The van der Waals surface area contributed by atoms with Crippen LogP contribution in [0.1, 0.15) is 55.6 Å². The summed E-state index contributed by atoms with van der Waals surface area (Å²) < 4.78 is 50.6. The summed E-state index contributed by atoms with van der Waals surface area (Å²) in [6.45, 7) is 8.71. The molecule has 0 aliphatic carbocycles. The molecular weight excluding hydrogens is 401 g/mol. The van der Waals surface area contributed by atoms with Gasteiger partial charge in [0.15, 0.2) is 0 Å². The predicted octanol–water partition coefficient (Wildman–Crippen LogP) is 4.23. The van der Waals surface area contributed by atoms with E-state index < -0.39 is 29.4 Å². The first-order chi connectivity index (χ1) is 13.9. The number of rotatable bonds is 6. The predicted molar refractivity (Wildman–Crippen MR) is 105 cm³/mol. The van der Waals surface area contributed by atoms with Gasteiger partial charge in [0.05, 0.1) is 17.7 Å². The topological polar surface area (TPSA) is 67.9 Å². The number of alkyl carbamates (subject to hydrolysis) is 1. The van der Waals surface area contributed by atoms with Gasteiger partial charge in [0.2, 0.25) is 0 Å². The van der Waals surface area contributed by atoms with Crippen LogP contribution in [0.5, 0.6) is 0 Å². The van der Waals surface area contributed by atoms with Gasteiger partial charge in [-0.15, -0.1) is 0 Å². The first-order valence-corrected chi connectivity index (χ1v) is 9.95. The zero-order valence-corrected chi connectivity index (χ0v) is 17.8. The fourth-order valence-electron chi connectivity index (χ4n) is 3.33. The lowest BCUT2D eigenvalue weighted by molar-refractivity contribution is -0.138. The van der Waals surface area contributed by atoms with E-state index >= 15 is 0 Å². The van der Waals surface area contributed by atoms with E-state index in [0.29, 0.717) is 19.6 Å². The van der Waals surface area contributed by atoms with Gasteiger partial charge in [-0.05, 0) is 64.3 Å². The second kappa shape index (κ2) is 9.68. The third-order valence-electron chi connectivity index (χ3n) is 4.62. The molecule has 2 rings (SSSR count). The van der Waals surface area contributed by atoms with Gasteiger partial charge in [-0.1, -0.05) is 6.07 Å². The highest BCUT2D eigenvalue weighted by Gasteiger charge is 2.35. The van der Waals surface area contributed by atoms with Crippen molar-refractivity contribution in [1.29, 1.82) is 0 Å². The highest BCUT2D eigenvalue weighted by molar-refractivity contribution is 5.89. The number of alkyl halides is 3. The molecule has 1 fully saturated rings. The molecule has 1 aliphatic rings. The van der Waals surface area contributed by atoms with E-state index in [4.69, 9.17) is 9.47 Å². The Kier molecular flexibility index (Phi) is 7.74. The number of hydrogen-bond acceptors (Lipinski definition) is 5. The smallest absolute Gasteiger partial charge is 0.416 e. The minimum Gasteiger partial charge on any atom is -0.462 e. The summed E-state index contributed by atoms with van der Waals surface area (Å²) >= 11 is 0. The summed E-state index contributed by atoms with van der Waals surface area (Å²) in [7, 11) is 0. The molecule has 9 heteroatoms. The molecule has 0 spiro atoms. The molecule has 1 aromatic rings. The van der Waals surface area contributed by atoms with Crippen molar-refractivity contribution < 1.29 is 32.2 Å². The average molecular weight is 430 g/mol. The number of benzene rings is 1. The van der Waals surface area contributed by atoms with Crippen molar-refractivity contribution in [3.05, 3.63) is 34.9 Å². The first-order valence-electron chi connectivity index (χ1n) is 9.95. The molecule has 1 heterocycles. The molecule has 168 valence electrons. The Hall–Kier alpha value is -2.29. The molecule has 0 radical (unpaired) electrons. The van der Waals surface area contributed by atoms with Crippen LogP contribution in [0.4, 0.5) is 18.0 Å². The molecular formula is C21H29F3N2O4. The Morgan fingerprint density at radius 3 is 2.53 bits per heavy atom. The Morgan fingerprint density at radius 1 is 1.23 bits per heavy atom. The molecule has 0 aromatic heterocycles. The van der Waals surface area contributed by atoms with Gasteiger partial charge in [0, 0.05) is 19.6 Å². The Labute approximate surface area is 174 Å². The Morgan fingerprint density at radius 2 is 1.93 bits per heavy atom. The Bertz CT molecular complexity index is 760. The van der Waals surface area contributed by atoms with Gasteiger partial charge in [0.1, 0.15) is 5.60 Å². The van der Waals surface area contributed by atoms with Gasteiger partial charge in [-0.3, -0.25) is 4.90 Å².